The van der Waals surface area contributed by atoms with E-state index < -0.39 is 0 Å². The van der Waals surface area contributed by atoms with Crippen molar-refractivity contribution in [2.75, 3.05) is 0 Å². The molecule has 2 fully saturated rings. The molecular formula is C31H47F. The third-order valence-corrected chi connectivity index (χ3v) is 9.31. The zero-order valence-corrected chi connectivity index (χ0v) is 20.7. The molecule has 5 unspecified atom stereocenters. The van der Waals surface area contributed by atoms with Crippen molar-refractivity contribution in [2.45, 2.75) is 122 Å². The van der Waals surface area contributed by atoms with Crippen LogP contribution in [0.15, 0.2) is 24.8 Å². The van der Waals surface area contributed by atoms with E-state index >= 15 is 4.39 Å². The smallest absolute Gasteiger partial charge is 0.126 e. The van der Waals surface area contributed by atoms with E-state index in [4.69, 9.17) is 0 Å². The molecule has 2 saturated carbocycles. The Labute approximate surface area is 197 Å². The topological polar surface area (TPSA) is 0 Å². The minimum absolute atomic E-state index is 0.114. The van der Waals surface area contributed by atoms with E-state index in [0.717, 1.165) is 36.2 Å². The molecule has 0 heterocycles. The number of aryl methyl sites for hydroxylation is 1. The van der Waals surface area contributed by atoms with Crippen LogP contribution in [0.3, 0.4) is 0 Å². The summed E-state index contributed by atoms with van der Waals surface area (Å²) in [5.41, 5.74) is 3.74. The highest BCUT2D eigenvalue weighted by Crippen LogP contribution is 2.49. The van der Waals surface area contributed by atoms with E-state index in [1.807, 2.05) is 6.07 Å². The summed E-state index contributed by atoms with van der Waals surface area (Å²) in [6.07, 6.45) is 24.2. The molecule has 4 rings (SSSR count). The third-order valence-electron chi connectivity index (χ3n) is 9.31. The summed E-state index contributed by atoms with van der Waals surface area (Å²) < 4.78 is 15.2. The molecule has 0 aliphatic heterocycles. The van der Waals surface area contributed by atoms with E-state index in [0.29, 0.717) is 11.8 Å². The summed E-state index contributed by atoms with van der Waals surface area (Å²) in [7, 11) is 0. The maximum Gasteiger partial charge on any atom is 0.126 e. The normalized spacial score (nSPS) is 29.9. The zero-order valence-electron chi connectivity index (χ0n) is 20.7. The van der Waals surface area contributed by atoms with Crippen molar-refractivity contribution in [2.24, 2.45) is 23.7 Å². The molecule has 3 aliphatic carbocycles. The van der Waals surface area contributed by atoms with Gasteiger partial charge in [0.2, 0.25) is 0 Å². The van der Waals surface area contributed by atoms with Crippen LogP contribution < -0.4 is 0 Å². The van der Waals surface area contributed by atoms with Gasteiger partial charge in [-0.25, -0.2) is 4.39 Å². The Bertz CT molecular complexity index is 734. The Morgan fingerprint density at radius 1 is 0.906 bits per heavy atom. The second-order valence-corrected chi connectivity index (χ2v) is 11.5. The van der Waals surface area contributed by atoms with Crippen molar-refractivity contribution in [3.8, 4) is 0 Å². The monoisotopic (exact) mass is 438 g/mol. The highest BCUT2D eigenvalue weighted by atomic mass is 19.1. The van der Waals surface area contributed by atoms with E-state index in [1.165, 1.54) is 107 Å². The summed E-state index contributed by atoms with van der Waals surface area (Å²) in [4.78, 5) is 0. The van der Waals surface area contributed by atoms with Gasteiger partial charge >= 0.3 is 0 Å². The number of hydrogen-bond acceptors (Lipinski definition) is 0. The van der Waals surface area contributed by atoms with Crippen LogP contribution in [-0.2, 0) is 12.8 Å². The zero-order chi connectivity index (χ0) is 22.3. The summed E-state index contributed by atoms with van der Waals surface area (Å²) in [6, 6.07) is 4.37. The fourth-order valence-electron chi connectivity index (χ4n) is 7.34. The molecule has 0 spiro atoms. The fraction of sp³-hybridized carbons (Fsp3) is 0.742. The number of hydrogen-bond donors (Lipinski definition) is 0. The van der Waals surface area contributed by atoms with Gasteiger partial charge in [0.1, 0.15) is 5.82 Å². The van der Waals surface area contributed by atoms with Gasteiger partial charge in [-0.3, -0.25) is 0 Å². The lowest BCUT2D eigenvalue weighted by Crippen LogP contribution is -2.30. The quantitative estimate of drug-likeness (QED) is 0.252. The van der Waals surface area contributed by atoms with Crippen LogP contribution in [0, 0.1) is 29.5 Å². The van der Waals surface area contributed by atoms with Gasteiger partial charge in [-0.2, -0.15) is 0 Å². The lowest BCUT2D eigenvalue weighted by molar-refractivity contribution is 0.115. The Hall–Kier alpha value is -1.11. The van der Waals surface area contributed by atoms with Crippen LogP contribution in [0.1, 0.15) is 126 Å². The molecule has 3 aliphatic rings. The average molecular weight is 439 g/mol. The lowest BCUT2D eigenvalue weighted by Gasteiger charge is -2.42. The van der Waals surface area contributed by atoms with Gasteiger partial charge in [-0.1, -0.05) is 64.0 Å². The first-order valence-electron chi connectivity index (χ1n) is 14.1. The van der Waals surface area contributed by atoms with E-state index in [2.05, 4.69) is 25.6 Å². The molecule has 178 valence electrons. The van der Waals surface area contributed by atoms with Gasteiger partial charge in [-0.15, -0.1) is 6.58 Å². The van der Waals surface area contributed by atoms with E-state index in [-0.39, 0.29) is 5.82 Å². The van der Waals surface area contributed by atoms with Crippen molar-refractivity contribution >= 4 is 0 Å². The molecule has 1 aromatic rings. The van der Waals surface area contributed by atoms with Crippen molar-refractivity contribution in [1.82, 2.24) is 0 Å². The lowest BCUT2D eigenvalue weighted by atomic mass is 9.63. The van der Waals surface area contributed by atoms with Crippen LogP contribution in [0.2, 0.25) is 0 Å². The minimum Gasteiger partial charge on any atom is -0.207 e. The molecule has 0 N–H and O–H groups in total. The number of unbranched alkanes of at least 4 members (excludes halogenated alkanes) is 4. The van der Waals surface area contributed by atoms with E-state index in [9.17, 15) is 0 Å². The van der Waals surface area contributed by atoms with Gasteiger partial charge < -0.3 is 0 Å². The number of rotatable bonds is 10. The molecule has 5 atom stereocenters. The van der Waals surface area contributed by atoms with Gasteiger partial charge in [0.25, 0.3) is 0 Å². The van der Waals surface area contributed by atoms with Crippen molar-refractivity contribution < 1.29 is 4.39 Å². The van der Waals surface area contributed by atoms with Crippen molar-refractivity contribution in [1.29, 1.82) is 0 Å². The summed E-state index contributed by atoms with van der Waals surface area (Å²) in [5.74, 6) is 4.14. The maximum atomic E-state index is 15.2. The first-order chi connectivity index (χ1) is 15.7. The Kier molecular flexibility index (Phi) is 8.90. The molecule has 0 saturated heterocycles. The average Bonchev–Trinajstić information content (AvgIpc) is 2.82. The fourth-order valence-corrected chi connectivity index (χ4v) is 7.34. The number of allylic oxidation sites excluding steroid dienone is 1. The van der Waals surface area contributed by atoms with Crippen LogP contribution in [-0.4, -0.2) is 0 Å². The standard InChI is InChI=1S/C31H47F/c1-3-5-7-8-9-11-24-13-15-28-21-29(22-31(32)30(28)19-24)27-17-16-25-18-23(10-6-4-2)12-14-26(25)20-27/h4,21-27H,2-3,5-20H2,1H3. The van der Waals surface area contributed by atoms with Crippen LogP contribution in [0.5, 0.6) is 0 Å². The summed E-state index contributed by atoms with van der Waals surface area (Å²) >= 11 is 0. The molecule has 0 bridgehead atoms. The molecule has 32 heavy (non-hydrogen) atoms. The predicted octanol–water partition coefficient (Wildman–Crippen LogP) is 9.56. The summed E-state index contributed by atoms with van der Waals surface area (Å²) in [5, 5.41) is 0. The Morgan fingerprint density at radius 2 is 1.72 bits per heavy atom. The third kappa shape index (κ3) is 6.06. The van der Waals surface area contributed by atoms with Crippen molar-refractivity contribution in [3.05, 3.63) is 47.3 Å². The second kappa shape index (κ2) is 11.8. The van der Waals surface area contributed by atoms with Crippen LogP contribution >= 0.6 is 0 Å². The van der Waals surface area contributed by atoms with Gasteiger partial charge in [0.05, 0.1) is 0 Å². The number of halogens is 1. The highest BCUT2D eigenvalue weighted by Gasteiger charge is 2.36. The maximum absolute atomic E-state index is 15.2. The largest absolute Gasteiger partial charge is 0.207 e. The molecule has 1 heteroatoms. The highest BCUT2D eigenvalue weighted by molar-refractivity contribution is 5.37. The molecule has 0 radical (unpaired) electrons. The molecule has 1 aromatic carbocycles. The molecular weight excluding hydrogens is 391 g/mol. The Balaban J connectivity index is 1.32. The number of fused-ring (bicyclic) bond motifs is 2. The first-order valence-corrected chi connectivity index (χ1v) is 14.1. The molecule has 0 nitrogen and oxygen atoms in total. The molecule has 0 amide bonds. The summed E-state index contributed by atoms with van der Waals surface area (Å²) in [6.45, 7) is 6.18. The van der Waals surface area contributed by atoms with Crippen LogP contribution in [0.4, 0.5) is 4.39 Å². The predicted molar refractivity (Wildman–Crippen MR) is 136 cm³/mol. The van der Waals surface area contributed by atoms with Gasteiger partial charge in [0, 0.05) is 0 Å². The van der Waals surface area contributed by atoms with Gasteiger partial charge in [0.15, 0.2) is 0 Å². The van der Waals surface area contributed by atoms with Gasteiger partial charge in [-0.05, 0) is 117 Å². The first kappa shape index (κ1) is 24.0. The molecule has 0 aromatic heterocycles. The van der Waals surface area contributed by atoms with Crippen LogP contribution in [0.25, 0.3) is 0 Å². The minimum atomic E-state index is 0.114. The number of benzene rings is 1. The second-order valence-electron chi connectivity index (χ2n) is 11.5. The van der Waals surface area contributed by atoms with Crippen molar-refractivity contribution in [3.63, 3.8) is 0 Å². The Morgan fingerprint density at radius 3 is 2.56 bits per heavy atom. The van der Waals surface area contributed by atoms with E-state index in [1.54, 1.807) is 0 Å². The SMILES string of the molecule is C=CCCC1CCC2CC(c3cc(F)c4c(c3)CCC(CCCCCCC)C4)CCC2C1.